The Kier molecular flexibility index (Phi) is 3.24. The topological polar surface area (TPSA) is 70.7 Å². The van der Waals surface area contributed by atoms with E-state index in [1.807, 2.05) is 30.3 Å². The molecular weight excluding hydrogens is 252 g/mol. The van der Waals surface area contributed by atoms with Crippen LogP contribution in [-0.2, 0) is 0 Å². The maximum atomic E-state index is 11.9. The number of hydrogen-bond acceptors (Lipinski definition) is 3. The molecule has 0 atom stereocenters. The monoisotopic (exact) mass is 264 g/mol. The molecule has 0 aliphatic carbocycles. The van der Waals surface area contributed by atoms with E-state index in [9.17, 15) is 4.79 Å². The second kappa shape index (κ2) is 5.36. The van der Waals surface area contributed by atoms with Gasteiger partial charge in [0.05, 0.1) is 5.69 Å². The number of aromatic amines is 1. The predicted octanol–water partition coefficient (Wildman–Crippen LogP) is 2.72. The molecule has 0 saturated carbocycles. The van der Waals surface area contributed by atoms with Gasteiger partial charge in [-0.2, -0.15) is 5.10 Å². The third-order valence-corrected chi connectivity index (χ3v) is 2.85. The van der Waals surface area contributed by atoms with Crippen molar-refractivity contribution in [1.29, 1.82) is 0 Å². The van der Waals surface area contributed by atoms with E-state index in [0.717, 1.165) is 16.9 Å². The summed E-state index contributed by atoms with van der Waals surface area (Å²) in [6.45, 7) is 0. The van der Waals surface area contributed by atoms with E-state index >= 15 is 0 Å². The smallest absolute Gasteiger partial charge is 0.274 e. The van der Waals surface area contributed by atoms with Crippen molar-refractivity contribution in [2.45, 2.75) is 0 Å². The van der Waals surface area contributed by atoms with Crippen molar-refractivity contribution in [2.75, 3.05) is 5.32 Å². The minimum atomic E-state index is -0.222. The maximum Gasteiger partial charge on any atom is 0.274 e. The quantitative estimate of drug-likeness (QED) is 0.764. The van der Waals surface area contributed by atoms with Crippen LogP contribution >= 0.6 is 0 Å². The molecule has 98 valence electrons. The summed E-state index contributed by atoms with van der Waals surface area (Å²) in [6, 6.07) is 14.6. The van der Waals surface area contributed by atoms with Gasteiger partial charge in [0.1, 0.15) is 5.69 Å². The lowest BCUT2D eigenvalue weighted by Gasteiger charge is -2.05. The van der Waals surface area contributed by atoms with Crippen LogP contribution in [0.5, 0.6) is 0 Å². The van der Waals surface area contributed by atoms with E-state index in [2.05, 4.69) is 20.5 Å². The van der Waals surface area contributed by atoms with Crippen LogP contribution in [0.15, 0.2) is 60.9 Å². The van der Waals surface area contributed by atoms with Gasteiger partial charge in [-0.3, -0.25) is 14.9 Å². The molecular formula is C15H12N4O. The lowest BCUT2D eigenvalue weighted by Crippen LogP contribution is -2.13. The zero-order valence-electron chi connectivity index (χ0n) is 10.6. The third kappa shape index (κ3) is 2.56. The van der Waals surface area contributed by atoms with Crippen molar-refractivity contribution >= 4 is 11.6 Å². The van der Waals surface area contributed by atoms with Crippen molar-refractivity contribution < 1.29 is 4.79 Å². The molecule has 1 aromatic carbocycles. The molecule has 0 radical (unpaired) electrons. The van der Waals surface area contributed by atoms with Crippen LogP contribution in [0, 0.1) is 0 Å². The molecule has 3 rings (SSSR count). The van der Waals surface area contributed by atoms with Crippen molar-refractivity contribution in [3.05, 3.63) is 66.6 Å². The number of carbonyl (C=O) groups is 1. The van der Waals surface area contributed by atoms with Crippen LogP contribution in [-0.4, -0.2) is 21.1 Å². The first-order chi connectivity index (χ1) is 9.83. The number of benzene rings is 1. The fraction of sp³-hybridized carbons (Fsp3) is 0. The third-order valence-electron chi connectivity index (χ3n) is 2.85. The van der Waals surface area contributed by atoms with Gasteiger partial charge in [-0.05, 0) is 35.9 Å². The van der Waals surface area contributed by atoms with Crippen molar-refractivity contribution in [3.8, 4) is 11.3 Å². The number of nitrogens with zero attached hydrogens (tertiary/aromatic N) is 2. The second-order valence-electron chi connectivity index (χ2n) is 4.22. The summed E-state index contributed by atoms with van der Waals surface area (Å²) in [4.78, 5) is 15.9. The first-order valence-corrected chi connectivity index (χ1v) is 6.15. The molecule has 0 saturated heterocycles. The number of pyridine rings is 1. The molecule has 0 unspecified atom stereocenters. The van der Waals surface area contributed by atoms with Gasteiger partial charge in [0, 0.05) is 18.1 Å². The molecule has 20 heavy (non-hydrogen) atoms. The van der Waals surface area contributed by atoms with Gasteiger partial charge in [-0.15, -0.1) is 0 Å². The normalized spacial score (nSPS) is 10.2. The molecule has 0 fully saturated rings. The summed E-state index contributed by atoms with van der Waals surface area (Å²) >= 11 is 0. The van der Waals surface area contributed by atoms with E-state index in [-0.39, 0.29) is 5.91 Å². The molecule has 5 nitrogen and oxygen atoms in total. The Labute approximate surface area is 115 Å². The Morgan fingerprint density at radius 1 is 1.00 bits per heavy atom. The molecule has 1 amide bonds. The number of nitrogens with one attached hydrogen (secondary N) is 2. The van der Waals surface area contributed by atoms with E-state index in [1.165, 1.54) is 0 Å². The minimum absolute atomic E-state index is 0.222. The highest BCUT2D eigenvalue weighted by molar-refractivity contribution is 6.02. The standard InChI is InChI=1S/C15H12N4O/c20-15(14-3-1-2-9-16-14)18-12-6-4-11(5-7-12)13-8-10-17-19-13/h1-10H,(H,17,19)(H,18,20). The number of amides is 1. The number of aromatic nitrogens is 3. The number of hydrogen-bond donors (Lipinski definition) is 2. The van der Waals surface area contributed by atoms with Crippen LogP contribution in [0.2, 0.25) is 0 Å². The SMILES string of the molecule is O=C(Nc1ccc(-c2ccn[nH]2)cc1)c1ccccn1. The first kappa shape index (κ1) is 12.1. The fourth-order valence-corrected chi connectivity index (χ4v) is 1.84. The molecule has 2 aromatic heterocycles. The molecule has 0 spiro atoms. The van der Waals surface area contributed by atoms with Gasteiger partial charge < -0.3 is 5.32 Å². The molecule has 2 N–H and O–H groups in total. The fourth-order valence-electron chi connectivity index (χ4n) is 1.84. The lowest BCUT2D eigenvalue weighted by molar-refractivity contribution is 0.102. The molecule has 5 heteroatoms. The van der Waals surface area contributed by atoms with Crippen molar-refractivity contribution in [3.63, 3.8) is 0 Å². The summed E-state index contributed by atoms with van der Waals surface area (Å²) in [7, 11) is 0. The van der Waals surface area contributed by atoms with Crippen LogP contribution in [0.3, 0.4) is 0 Å². The minimum Gasteiger partial charge on any atom is -0.321 e. The summed E-state index contributed by atoms with van der Waals surface area (Å²) < 4.78 is 0. The highest BCUT2D eigenvalue weighted by Gasteiger charge is 2.06. The van der Waals surface area contributed by atoms with Gasteiger partial charge >= 0.3 is 0 Å². The van der Waals surface area contributed by atoms with E-state index in [4.69, 9.17) is 0 Å². The van der Waals surface area contributed by atoms with Crippen LogP contribution in [0.4, 0.5) is 5.69 Å². The summed E-state index contributed by atoms with van der Waals surface area (Å²) in [6.07, 6.45) is 3.29. The zero-order chi connectivity index (χ0) is 13.8. The van der Waals surface area contributed by atoms with Gasteiger partial charge in [0.2, 0.25) is 0 Å². The first-order valence-electron chi connectivity index (χ1n) is 6.15. The van der Waals surface area contributed by atoms with E-state index in [1.54, 1.807) is 30.6 Å². The van der Waals surface area contributed by atoms with Crippen LogP contribution in [0.1, 0.15) is 10.5 Å². The summed E-state index contributed by atoms with van der Waals surface area (Å²) in [5.41, 5.74) is 3.07. The van der Waals surface area contributed by atoms with Crippen LogP contribution in [0.25, 0.3) is 11.3 Å². The zero-order valence-corrected chi connectivity index (χ0v) is 10.6. The molecule has 2 heterocycles. The van der Waals surface area contributed by atoms with Gasteiger partial charge in [-0.1, -0.05) is 18.2 Å². The molecule has 0 bridgehead atoms. The second-order valence-corrected chi connectivity index (χ2v) is 4.22. The van der Waals surface area contributed by atoms with Gasteiger partial charge in [-0.25, -0.2) is 0 Å². The van der Waals surface area contributed by atoms with Crippen molar-refractivity contribution in [1.82, 2.24) is 15.2 Å². The largest absolute Gasteiger partial charge is 0.321 e. The molecule has 0 aliphatic rings. The highest BCUT2D eigenvalue weighted by Crippen LogP contribution is 2.19. The Bertz CT molecular complexity index is 691. The Balaban J connectivity index is 1.74. The predicted molar refractivity (Wildman–Crippen MR) is 76.2 cm³/mol. The van der Waals surface area contributed by atoms with Crippen LogP contribution < -0.4 is 5.32 Å². The average molecular weight is 264 g/mol. The summed E-state index contributed by atoms with van der Waals surface area (Å²) in [5.74, 6) is -0.222. The van der Waals surface area contributed by atoms with Gasteiger partial charge in [0.15, 0.2) is 0 Å². The highest BCUT2D eigenvalue weighted by atomic mass is 16.1. The van der Waals surface area contributed by atoms with E-state index < -0.39 is 0 Å². The van der Waals surface area contributed by atoms with Crippen molar-refractivity contribution in [2.24, 2.45) is 0 Å². The number of rotatable bonds is 3. The number of carbonyl (C=O) groups excluding carboxylic acids is 1. The maximum absolute atomic E-state index is 11.9. The number of H-pyrrole nitrogens is 1. The Morgan fingerprint density at radius 2 is 1.85 bits per heavy atom. The Hall–Kier alpha value is -2.95. The lowest BCUT2D eigenvalue weighted by atomic mass is 10.1. The molecule has 3 aromatic rings. The Morgan fingerprint density at radius 3 is 2.50 bits per heavy atom. The van der Waals surface area contributed by atoms with E-state index in [0.29, 0.717) is 5.69 Å². The summed E-state index contributed by atoms with van der Waals surface area (Å²) in [5, 5.41) is 9.60. The average Bonchev–Trinajstić information content (AvgIpc) is 3.03. The van der Waals surface area contributed by atoms with Gasteiger partial charge in [0.25, 0.3) is 5.91 Å². The number of anilines is 1. The molecule has 0 aliphatic heterocycles.